The van der Waals surface area contributed by atoms with Crippen LogP contribution < -0.4 is 0 Å². The van der Waals surface area contributed by atoms with Gasteiger partial charge >= 0.3 is 0 Å². The summed E-state index contributed by atoms with van der Waals surface area (Å²) < 4.78 is 0. The van der Waals surface area contributed by atoms with E-state index in [-0.39, 0.29) is 17.6 Å². The predicted octanol–water partition coefficient (Wildman–Crippen LogP) is 3.43. The van der Waals surface area contributed by atoms with E-state index in [1.165, 1.54) is 11.8 Å². The number of likely N-dealkylation sites (tertiary alicyclic amines) is 1. The fourth-order valence-electron chi connectivity index (χ4n) is 2.76. The first kappa shape index (κ1) is 16.4. The van der Waals surface area contributed by atoms with Crippen LogP contribution in [0, 0.1) is 12.8 Å². The van der Waals surface area contributed by atoms with Crippen molar-refractivity contribution in [3.8, 4) is 0 Å². The van der Waals surface area contributed by atoms with E-state index < -0.39 is 0 Å². The molecule has 1 atom stereocenters. The predicted molar refractivity (Wildman–Crippen MR) is 88.2 cm³/mol. The minimum Gasteiger partial charge on any atom is -0.341 e. The number of carbonyl (C=O) groups is 2. The summed E-state index contributed by atoms with van der Waals surface area (Å²) in [6, 6.07) is 5.36. The summed E-state index contributed by atoms with van der Waals surface area (Å²) in [5, 5.41) is 0.643. The summed E-state index contributed by atoms with van der Waals surface area (Å²) in [7, 11) is 0. The third kappa shape index (κ3) is 4.01. The van der Waals surface area contributed by atoms with Crippen LogP contribution in [0.1, 0.15) is 28.8 Å². The molecule has 0 aliphatic carbocycles. The smallest absolute Gasteiger partial charge is 0.232 e. The molecule has 1 aromatic rings. The fourth-order valence-corrected chi connectivity index (χ4v) is 3.41. The molecule has 1 aliphatic heterocycles. The van der Waals surface area contributed by atoms with E-state index in [2.05, 4.69) is 0 Å². The SMILES string of the molecule is CSCC(=O)N1CCC[C@@H](C(=O)c2ccc(Cl)cc2C)C1. The highest BCUT2D eigenvalue weighted by molar-refractivity contribution is 7.99. The number of Topliss-reactive ketones (excluding diaryl/α,β-unsaturated/α-hetero) is 1. The summed E-state index contributed by atoms with van der Waals surface area (Å²) in [4.78, 5) is 26.5. The van der Waals surface area contributed by atoms with Gasteiger partial charge in [-0.15, -0.1) is 0 Å². The second kappa shape index (κ2) is 7.32. The molecule has 21 heavy (non-hydrogen) atoms. The van der Waals surface area contributed by atoms with Crippen molar-refractivity contribution in [1.29, 1.82) is 0 Å². The number of rotatable bonds is 4. The first-order valence-electron chi connectivity index (χ1n) is 7.10. The van der Waals surface area contributed by atoms with Crippen molar-refractivity contribution in [2.24, 2.45) is 5.92 Å². The summed E-state index contributed by atoms with van der Waals surface area (Å²) in [5.41, 5.74) is 1.63. The van der Waals surface area contributed by atoms with E-state index in [0.717, 1.165) is 30.5 Å². The molecule has 0 N–H and O–H groups in total. The standard InChI is InChI=1S/C16H20ClNO2S/c1-11-8-13(17)5-6-14(11)16(20)12-4-3-7-18(9-12)15(19)10-21-2/h5-6,8,12H,3-4,7,9-10H2,1-2H3/t12-/m1/s1. The number of hydrogen-bond acceptors (Lipinski definition) is 3. The third-order valence-corrected chi connectivity index (χ3v) is 4.64. The number of thioether (sulfide) groups is 1. The summed E-state index contributed by atoms with van der Waals surface area (Å²) in [5.74, 6) is 0.657. The van der Waals surface area contributed by atoms with Gasteiger partial charge in [0.15, 0.2) is 5.78 Å². The monoisotopic (exact) mass is 325 g/mol. The molecule has 1 aromatic carbocycles. The maximum absolute atomic E-state index is 12.7. The number of amides is 1. The minimum atomic E-state index is -0.0931. The third-order valence-electron chi connectivity index (χ3n) is 3.87. The fraction of sp³-hybridized carbons (Fsp3) is 0.500. The molecule has 0 saturated carbocycles. The van der Waals surface area contributed by atoms with Crippen LogP contribution in [0.2, 0.25) is 5.02 Å². The molecule has 3 nitrogen and oxygen atoms in total. The van der Waals surface area contributed by atoms with E-state index in [4.69, 9.17) is 11.6 Å². The lowest BCUT2D eigenvalue weighted by Crippen LogP contribution is -2.43. The number of benzene rings is 1. The molecule has 0 aromatic heterocycles. The van der Waals surface area contributed by atoms with Gasteiger partial charge in [0.2, 0.25) is 5.91 Å². The van der Waals surface area contributed by atoms with Crippen molar-refractivity contribution in [2.75, 3.05) is 25.1 Å². The van der Waals surface area contributed by atoms with Crippen molar-refractivity contribution in [3.63, 3.8) is 0 Å². The van der Waals surface area contributed by atoms with Crippen molar-refractivity contribution in [1.82, 2.24) is 4.90 Å². The minimum absolute atomic E-state index is 0.0931. The van der Waals surface area contributed by atoms with Crippen LogP contribution in [0.5, 0.6) is 0 Å². The van der Waals surface area contributed by atoms with Crippen molar-refractivity contribution in [2.45, 2.75) is 19.8 Å². The average molecular weight is 326 g/mol. The highest BCUT2D eigenvalue weighted by atomic mass is 35.5. The molecular weight excluding hydrogens is 306 g/mol. The van der Waals surface area contributed by atoms with E-state index >= 15 is 0 Å². The zero-order chi connectivity index (χ0) is 15.4. The molecule has 2 rings (SSSR count). The van der Waals surface area contributed by atoms with Gasteiger partial charge in [0.1, 0.15) is 0 Å². The van der Waals surface area contributed by atoms with E-state index in [1.807, 2.05) is 24.1 Å². The topological polar surface area (TPSA) is 37.4 Å². The molecule has 5 heteroatoms. The molecular formula is C16H20ClNO2S. The van der Waals surface area contributed by atoms with Crippen molar-refractivity contribution in [3.05, 3.63) is 34.3 Å². The molecule has 1 amide bonds. The molecule has 1 saturated heterocycles. The van der Waals surface area contributed by atoms with Crippen LogP contribution in [0.4, 0.5) is 0 Å². The average Bonchev–Trinajstić information content (AvgIpc) is 2.47. The first-order valence-corrected chi connectivity index (χ1v) is 8.87. The number of carbonyl (C=O) groups excluding carboxylic acids is 2. The second-order valence-corrected chi connectivity index (χ2v) is 6.74. The van der Waals surface area contributed by atoms with Crippen LogP contribution in [-0.4, -0.2) is 41.7 Å². The van der Waals surface area contributed by atoms with Crippen LogP contribution >= 0.6 is 23.4 Å². The first-order chi connectivity index (χ1) is 10.0. The maximum atomic E-state index is 12.7. The molecule has 0 radical (unpaired) electrons. The van der Waals surface area contributed by atoms with Gasteiger partial charge in [-0.3, -0.25) is 9.59 Å². The van der Waals surface area contributed by atoms with E-state index in [9.17, 15) is 9.59 Å². The molecule has 0 spiro atoms. The van der Waals surface area contributed by atoms with Gasteiger partial charge in [0.25, 0.3) is 0 Å². The summed E-state index contributed by atoms with van der Waals surface area (Å²) in [6.45, 7) is 3.21. The summed E-state index contributed by atoms with van der Waals surface area (Å²) >= 11 is 7.46. The van der Waals surface area contributed by atoms with Gasteiger partial charge in [-0.2, -0.15) is 11.8 Å². The van der Waals surface area contributed by atoms with Gasteiger partial charge in [-0.25, -0.2) is 0 Å². The van der Waals surface area contributed by atoms with Crippen LogP contribution in [0.15, 0.2) is 18.2 Å². The molecule has 0 unspecified atom stereocenters. The van der Waals surface area contributed by atoms with Gasteiger partial charge in [0.05, 0.1) is 5.75 Å². The largest absolute Gasteiger partial charge is 0.341 e. The quantitative estimate of drug-likeness (QED) is 0.796. The molecule has 1 heterocycles. The second-order valence-electron chi connectivity index (χ2n) is 5.44. The van der Waals surface area contributed by atoms with Crippen molar-refractivity contribution >= 4 is 35.1 Å². The van der Waals surface area contributed by atoms with E-state index in [1.54, 1.807) is 12.1 Å². The number of hydrogen-bond donors (Lipinski definition) is 0. The number of ketones is 1. The van der Waals surface area contributed by atoms with Crippen LogP contribution in [0.3, 0.4) is 0 Å². The Morgan fingerprint density at radius 3 is 2.86 bits per heavy atom. The Morgan fingerprint density at radius 2 is 2.19 bits per heavy atom. The Bertz CT molecular complexity index is 547. The summed E-state index contributed by atoms with van der Waals surface area (Å²) in [6.07, 6.45) is 3.66. The van der Waals surface area contributed by atoms with Crippen LogP contribution in [-0.2, 0) is 4.79 Å². The zero-order valence-electron chi connectivity index (χ0n) is 12.4. The Hall–Kier alpha value is -1.00. The number of aryl methyl sites for hydroxylation is 1. The Kier molecular flexibility index (Phi) is 5.71. The maximum Gasteiger partial charge on any atom is 0.232 e. The van der Waals surface area contributed by atoms with Crippen LogP contribution in [0.25, 0.3) is 0 Å². The van der Waals surface area contributed by atoms with Gasteiger partial charge in [0, 0.05) is 29.6 Å². The van der Waals surface area contributed by atoms with Crippen molar-refractivity contribution < 1.29 is 9.59 Å². The Labute approximate surface area is 135 Å². The normalized spacial score (nSPS) is 18.6. The lowest BCUT2D eigenvalue weighted by Gasteiger charge is -2.32. The lowest BCUT2D eigenvalue weighted by atomic mass is 9.88. The van der Waals surface area contributed by atoms with Gasteiger partial charge in [-0.1, -0.05) is 11.6 Å². The highest BCUT2D eigenvalue weighted by Gasteiger charge is 2.29. The Morgan fingerprint density at radius 1 is 1.43 bits per heavy atom. The lowest BCUT2D eigenvalue weighted by molar-refractivity contribution is -0.129. The number of halogens is 1. The molecule has 114 valence electrons. The Balaban J connectivity index is 2.10. The highest BCUT2D eigenvalue weighted by Crippen LogP contribution is 2.24. The van der Waals surface area contributed by atoms with Gasteiger partial charge < -0.3 is 4.90 Å². The number of piperidine rings is 1. The molecule has 1 aliphatic rings. The molecule has 1 fully saturated rings. The molecule has 0 bridgehead atoms. The number of nitrogens with zero attached hydrogens (tertiary/aromatic N) is 1. The van der Waals surface area contributed by atoms with Gasteiger partial charge in [-0.05, 0) is 49.8 Å². The van der Waals surface area contributed by atoms with E-state index in [0.29, 0.717) is 17.3 Å². The zero-order valence-corrected chi connectivity index (χ0v) is 14.0.